The van der Waals surface area contributed by atoms with Crippen molar-refractivity contribution in [3.05, 3.63) is 88.4 Å². The first-order chi connectivity index (χ1) is 24.2. The number of carboxylic acid groups (broad SMARTS) is 1. The molecule has 2 atom stereocenters. The van der Waals surface area contributed by atoms with E-state index in [0.29, 0.717) is 36.0 Å². The van der Waals surface area contributed by atoms with Gasteiger partial charge in [-0.15, -0.1) is 11.3 Å². The van der Waals surface area contributed by atoms with Gasteiger partial charge >= 0.3 is 5.97 Å². The fourth-order valence-corrected chi connectivity index (χ4v) is 7.34. The SMILES string of the molecule is CCCCCCCOc1ccc(-c2cnc(-c3ccc(C[C@H](NC(=O)c4ccc(CC(C)C)s4)C(=O)N4CCC[C@H]4C(=O)O)cc3)nc2)cc1. The van der Waals surface area contributed by atoms with E-state index in [1.165, 1.54) is 41.9 Å². The molecule has 5 rings (SSSR count). The molecular weight excluding hydrogens is 649 g/mol. The van der Waals surface area contributed by atoms with E-state index in [4.69, 9.17) is 4.74 Å². The molecule has 0 spiro atoms. The van der Waals surface area contributed by atoms with Crippen molar-refractivity contribution in [2.24, 2.45) is 5.92 Å². The van der Waals surface area contributed by atoms with Gasteiger partial charge in [0.05, 0.1) is 11.5 Å². The van der Waals surface area contributed by atoms with Gasteiger partial charge in [0.15, 0.2) is 5.82 Å². The van der Waals surface area contributed by atoms with Gasteiger partial charge in [-0.2, -0.15) is 0 Å². The summed E-state index contributed by atoms with van der Waals surface area (Å²) in [6.07, 6.45) is 11.7. The zero-order valence-electron chi connectivity index (χ0n) is 29.3. The van der Waals surface area contributed by atoms with Crippen molar-refractivity contribution in [1.29, 1.82) is 0 Å². The van der Waals surface area contributed by atoms with E-state index >= 15 is 0 Å². The smallest absolute Gasteiger partial charge is 0.326 e. The Morgan fingerprint density at radius 1 is 0.900 bits per heavy atom. The maximum Gasteiger partial charge on any atom is 0.326 e. The van der Waals surface area contributed by atoms with Gasteiger partial charge in [0.1, 0.15) is 17.8 Å². The molecule has 2 amide bonds. The zero-order chi connectivity index (χ0) is 35.5. The van der Waals surface area contributed by atoms with Crippen LogP contribution in [0.1, 0.15) is 85.8 Å². The second-order valence-corrected chi connectivity index (χ2v) is 14.6. The molecule has 3 heterocycles. The third kappa shape index (κ3) is 10.00. The molecular formula is C40H48N4O5S. The number of unbranched alkanes of at least 4 members (excludes halogenated alkanes) is 4. The average Bonchev–Trinajstić information content (AvgIpc) is 3.80. The number of nitrogens with one attached hydrogen (secondary N) is 1. The van der Waals surface area contributed by atoms with E-state index in [-0.39, 0.29) is 18.2 Å². The van der Waals surface area contributed by atoms with Crippen LogP contribution in [-0.4, -0.2) is 63.0 Å². The number of amides is 2. The van der Waals surface area contributed by atoms with Crippen LogP contribution in [0, 0.1) is 5.92 Å². The summed E-state index contributed by atoms with van der Waals surface area (Å²) in [7, 11) is 0. The molecule has 1 aliphatic rings. The Morgan fingerprint density at radius 3 is 2.28 bits per heavy atom. The van der Waals surface area contributed by atoms with Gasteiger partial charge in [-0.25, -0.2) is 14.8 Å². The number of thiophene rings is 1. The third-order valence-electron chi connectivity index (χ3n) is 8.93. The molecule has 2 N–H and O–H groups in total. The number of aliphatic carboxylic acids is 1. The molecule has 0 saturated carbocycles. The Balaban J connectivity index is 1.23. The van der Waals surface area contributed by atoms with Gasteiger partial charge in [-0.3, -0.25) is 9.59 Å². The topological polar surface area (TPSA) is 122 Å². The van der Waals surface area contributed by atoms with Gasteiger partial charge in [-0.1, -0.05) is 82.9 Å². The molecule has 264 valence electrons. The first-order valence-corrected chi connectivity index (χ1v) is 18.6. The lowest BCUT2D eigenvalue weighted by atomic mass is 10.0. The number of carbonyl (C=O) groups excluding carboxylic acids is 2. The first-order valence-electron chi connectivity index (χ1n) is 17.8. The second-order valence-electron chi connectivity index (χ2n) is 13.4. The molecule has 1 fully saturated rings. The predicted molar refractivity (Wildman–Crippen MR) is 197 cm³/mol. The number of carboxylic acids is 1. The highest BCUT2D eigenvalue weighted by atomic mass is 32.1. The first kappa shape index (κ1) is 36.7. The number of ether oxygens (including phenoxy) is 1. The van der Waals surface area contributed by atoms with Crippen molar-refractivity contribution in [1.82, 2.24) is 20.2 Å². The van der Waals surface area contributed by atoms with E-state index in [9.17, 15) is 19.5 Å². The Labute approximate surface area is 299 Å². The highest BCUT2D eigenvalue weighted by Gasteiger charge is 2.38. The Kier molecular flexibility index (Phi) is 13.1. The lowest BCUT2D eigenvalue weighted by Gasteiger charge is -2.27. The second kappa shape index (κ2) is 17.9. The lowest BCUT2D eigenvalue weighted by Crippen LogP contribution is -2.52. The number of likely N-dealkylation sites (tertiary alicyclic amines) is 1. The number of hydrogen-bond acceptors (Lipinski definition) is 7. The summed E-state index contributed by atoms with van der Waals surface area (Å²) < 4.78 is 5.90. The number of rotatable bonds is 17. The summed E-state index contributed by atoms with van der Waals surface area (Å²) in [5.74, 6) is 0.144. The molecule has 0 unspecified atom stereocenters. The normalized spacial score (nSPS) is 14.9. The molecule has 1 aliphatic heterocycles. The molecule has 4 aromatic rings. The van der Waals surface area contributed by atoms with Gasteiger partial charge in [0.25, 0.3) is 5.91 Å². The van der Waals surface area contributed by atoms with Crippen molar-refractivity contribution in [3.63, 3.8) is 0 Å². The minimum atomic E-state index is -1.03. The fourth-order valence-electron chi connectivity index (χ4n) is 6.22. The van der Waals surface area contributed by atoms with Crippen LogP contribution in [0.3, 0.4) is 0 Å². The zero-order valence-corrected chi connectivity index (χ0v) is 30.1. The Bertz CT molecular complexity index is 1700. The molecule has 9 nitrogen and oxygen atoms in total. The third-order valence-corrected chi connectivity index (χ3v) is 10.0. The van der Waals surface area contributed by atoms with Crippen LogP contribution in [0.25, 0.3) is 22.5 Å². The summed E-state index contributed by atoms with van der Waals surface area (Å²) in [4.78, 5) is 51.2. The van der Waals surface area contributed by atoms with Gasteiger partial charge in [0.2, 0.25) is 5.91 Å². The summed E-state index contributed by atoms with van der Waals surface area (Å²) in [6, 6.07) is 17.5. The molecule has 10 heteroatoms. The molecule has 0 bridgehead atoms. The maximum absolute atomic E-state index is 13.8. The van der Waals surface area contributed by atoms with Crippen LogP contribution in [-0.2, 0) is 22.4 Å². The van der Waals surface area contributed by atoms with Crippen molar-refractivity contribution in [2.75, 3.05) is 13.2 Å². The summed E-state index contributed by atoms with van der Waals surface area (Å²) in [5.41, 5.74) is 3.54. The fraction of sp³-hybridized carbons (Fsp3) is 0.425. The monoisotopic (exact) mass is 696 g/mol. The predicted octanol–water partition coefficient (Wildman–Crippen LogP) is 7.84. The van der Waals surface area contributed by atoms with E-state index < -0.39 is 18.1 Å². The molecule has 0 aliphatic carbocycles. The highest BCUT2D eigenvalue weighted by Crippen LogP contribution is 2.25. The molecule has 0 radical (unpaired) electrons. The van der Waals surface area contributed by atoms with Gasteiger partial charge < -0.3 is 20.1 Å². The van der Waals surface area contributed by atoms with Crippen molar-refractivity contribution < 1.29 is 24.2 Å². The van der Waals surface area contributed by atoms with Gasteiger partial charge in [0, 0.05) is 41.4 Å². The highest BCUT2D eigenvalue weighted by molar-refractivity contribution is 7.14. The number of aromatic nitrogens is 2. The summed E-state index contributed by atoms with van der Waals surface area (Å²) in [6.45, 7) is 7.55. The van der Waals surface area contributed by atoms with E-state index in [2.05, 4.69) is 36.1 Å². The molecule has 1 saturated heterocycles. The van der Waals surface area contributed by atoms with Crippen molar-refractivity contribution >= 4 is 29.1 Å². The average molecular weight is 697 g/mol. The number of hydrogen-bond donors (Lipinski definition) is 2. The van der Waals surface area contributed by atoms with Crippen LogP contribution in [0.4, 0.5) is 0 Å². The van der Waals surface area contributed by atoms with E-state index in [1.54, 1.807) is 18.5 Å². The number of nitrogens with zero attached hydrogens (tertiary/aromatic N) is 3. The number of carbonyl (C=O) groups is 3. The summed E-state index contributed by atoms with van der Waals surface area (Å²) in [5, 5.41) is 12.7. The largest absolute Gasteiger partial charge is 0.494 e. The van der Waals surface area contributed by atoms with Crippen LogP contribution < -0.4 is 10.1 Å². The maximum atomic E-state index is 13.8. The van der Waals surface area contributed by atoms with Crippen molar-refractivity contribution in [3.8, 4) is 28.3 Å². The standard InChI is InChI=1S/C40H48N4O5S/c1-4-5-6-7-8-22-49-32-17-15-29(16-18-32)31-25-41-37(42-26-31)30-13-11-28(12-14-30)24-34(39(46)44-21-9-10-35(44)40(47)48)43-38(45)36-20-19-33(50-36)23-27(2)3/h11-20,25-27,34-35H,4-10,21-24H2,1-3H3,(H,43,45)(H,47,48)/t34-,35-/m0/s1. The van der Waals surface area contributed by atoms with Crippen LogP contribution in [0.15, 0.2) is 73.1 Å². The minimum Gasteiger partial charge on any atom is -0.494 e. The van der Waals surface area contributed by atoms with Crippen LogP contribution >= 0.6 is 11.3 Å². The lowest BCUT2D eigenvalue weighted by molar-refractivity contribution is -0.148. The van der Waals surface area contributed by atoms with Crippen LogP contribution in [0.5, 0.6) is 5.75 Å². The minimum absolute atomic E-state index is 0.219. The quantitative estimate of drug-likeness (QED) is 0.108. The van der Waals surface area contributed by atoms with E-state index in [1.807, 2.05) is 54.6 Å². The summed E-state index contributed by atoms with van der Waals surface area (Å²) >= 11 is 1.42. The van der Waals surface area contributed by atoms with E-state index in [0.717, 1.165) is 52.3 Å². The molecule has 50 heavy (non-hydrogen) atoms. The number of benzene rings is 2. The van der Waals surface area contributed by atoms with Gasteiger partial charge in [-0.05, 0) is 67.0 Å². The molecule has 2 aromatic carbocycles. The van der Waals surface area contributed by atoms with Crippen LogP contribution in [0.2, 0.25) is 0 Å². The molecule has 2 aromatic heterocycles. The Hall–Kier alpha value is -4.57. The Morgan fingerprint density at radius 2 is 1.60 bits per heavy atom. The van der Waals surface area contributed by atoms with Crippen molar-refractivity contribution in [2.45, 2.75) is 90.6 Å².